The lowest BCUT2D eigenvalue weighted by Gasteiger charge is -2.21. The van der Waals surface area contributed by atoms with Gasteiger partial charge in [0.05, 0.1) is 14.6 Å². The van der Waals surface area contributed by atoms with Gasteiger partial charge in [0.15, 0.2) is 0 Å². The van der Waals surface area contributed by atoms with Crippen LogP contribution in [0, 0.1) is 2.88 Å². The van der Waals surface area contributed by atoms with Gasteiger partial charge in [-0.1, -0.05) is 19.3 Å². The molecule has 1 aliphatic carbocycles. The van der Waals surface area contributed by atoms with Crippen molar-refractivity contribution in [1.82, 2.24) is 9.78 Å². The third-order valence-corrected chi connectivity index (χ3v) is 5.86. The molecule has 1 fully saturated rings. The number of nitrogens with zero attached hydrogens (tertiary/aromatic N) is 2. The quantitative estimate of drug-likeness (QED) is 0.777. The van der Waals surface area contributed by atoms with Gasteiger partial charge >= 0.3 is 0 Å². The molecule has 0 aliphatic heterocycles. The van der Waals surface area contributed by atoms with Crippen molar-refractivity contribution >= 4 is 33.9 Å². The molecule has 20 heavy (non-hydrogen) atoms. The number of aromatic nitrogens is 2. The van der Waals surface area contributed by atoms with Crippen LogP contribution >= 0.6 is 33.9 Å². The van der Waals surface area contributed by atoms with Gasteiger partial charge in [0.1, 0.15) is 0 Å². The zero-order valence-corrected chi connectivity index (χ0v) is 14.4. The fraction of sp³-hybridized carbons (Fsp3) is 0.533. The van der Waals surface area contributed by atoms with Gasteiger partial charge in [0.2, 0.25) is 0 Å². The zero-order valence-electron chi connectivity index (χ0n) is 11.5. The van der Waals surface area contributed by atoms with E-state index in [1.807, 2.05) is 0 Å². The topological polar surface area (TPSA) is 43.8 Å². The first-order chi connectivity index (χ1) is 9.72. The maximum atomic E-state index is 6.28. The van der Waals surface area contributed by atoms with Crippen LogP contribution in [-0.4, -0.2) is 9.78 Å². The number of rotatable bonds is 4. The standard InChI is InChI=1S/C15H20IN3S/c16-15-8-11(10-20-15)14(17)9-12-6-7-19(18-12)13-4-2-1-3-5-13/h6-8,10,13-14H,1-5,9,17H2. The summed E-state index contributed by atoms with van der Waals surface area (Å²) in [6, 6.07) is 4.97. The lowest BCUT2D eigenvalue weighted by Crippen LogP contribution is -2.15. The van der Waals surface area contributed by atoms with Crippen molar-refractivity contribution in [2.45, 2.75) is 50.6 Å². The molecule has 5 heteroatoms. The van der Waals surface area contributed by atoms with Crippen LogP contribution in [-0.2, 0) is 6.42 Å². The van der Waals surface area contributed by atoms with E-state index in [1.165, 1.54) is 40.6 Å². The van der Waals surface area contributed by atoms with Gasteiger partial charge in [-0.15, -0.1) is 11.3 Å². The summed E-state index contributed by atoms with van der Waals surface area (Å²) < 4.78 is 3.46. The molecule has 1 aliphatic rings. The minimum atomic E-state index is 0.0597. The zero-order chi connectivity index (χ0) is 13.9. The molecule has 1 atom stereocenters. The summed E-state index contributed by atoms with van der Waals surface area (Å²) in [5.41, 5.74) is 8.63. The van der Waals surface area contributed by atoms with Crippen molar-refractivity contribution < 1.29 is 0 Å². The Balaban J connectivity index is 1.64. The molecule has 2 N–H and O–H groups in total. The molecule has 1 unspecified atom stereocenters. The number of hydrogen-bond acceptors (Lipinski definition) is 3. The second-order valence-corrected chi connectivity index (χ2v) is 8.38. The van der Waals surface area contributed by atoms with Gasteiger partial charge in [-0.2, -0.15) is 5.10 Å². The van der Waals surface area contributed by atoms with E-state index in [4.69, 9.17) is 10.8 Å². The van der Waals surface area contributed by atoms with Gasteiger partial charge < -0.3 is 5.73 Å². The van der Waals surface area contributed by atoms with Crippen molar-refractivity contribution in [3.8, 4) is 0 Å². The first-order valence-corrected chi connectivity index (χ1v) is 9.22. The minimum absolute atomic E-state index is 0.0597. The van der Waals surface area contributed by atoms with Crippen LogP contribution in [0.1, 0.15) is 55.4 Å². The van der Waals surface area contributed by atoms with Crippen LogP contribution < -0.4 is 5.73 Å². The molecular formula is C15H20IN3S. The summed E-state index contributed by atoms with van der Waals surface area (Å²) in [6.07, 6.45) is 9.57. The maximum absolute atomic E-state index is 6.28. The van der Waals surface area contributed by atoms with E-state index in [2.05, 4.69) is 51.0 Å². The Bertz CT molecular complexity index is 557. The van der Waals surface area contributed by atoms with Gasteiger partial charge in [0.25, 0.3) is 0 Å². The summed E-state index contributed by atoms with van der Waals surface area (Å²) >= 11 is 4.09. The number of nitrogens with two attached hydrogens (primary N) is 1. The fourth-order valence-corrected chi connectivity index (χ4v) is 4.33. The summed E-state index contributed by atoms with van der Waals surface area (Å²) in [5.74, 6) is 0. The molecule has 0 saturated heterocycles. The maximum Gasteiger partial charge on any atom is 0.0656 e. The van der Waals surface area contributed by atoms with Crippen molar-refractivity contribution in [3.63, 3.8) is 0 Å². The smallest absolute Gasteiger partial charge is 0.0656 e. The first kappa shape index (κ1) is 14.5. The van der Waals surface area contributed by atoms with Crippen LogP contribution in [0.15, 0.2) is 23.7 Å². The Morgan fingerprint density at radius 1 is 1.40 bits per heavy atom. The van der Waals surface area contributed by atoms with Crippen LogP contribution in [0.2, 0.25) is 0 Å². The highest BCUT2D eigenvalue weighted by Gasteiger charge is 2.17. The highest BCUT2D eigenvalue weighted by molar-refractivity contribution is 14.1. The normalized spacial score (nSPS) is 18.3. The minimum Gasteiger partial charge on any atom is -0.324 e. The van der Waals surface area contributed by atoms with Gasteiger partial charge in [-0.25, -0.2) is 0 Å². The Labute approximate surface area is 137 Å². The van der Waals surface area contributed by atoms with Gasteiger partial charge in [0, 0.05) is 18.7 Å². The molecule has 2 heterocycles. The molecule has 2 aromatic heterocycles. The van der Waals surface area contributed by atoms with Crippen molar-refractivity contribution in [2.75, 3.05) is 0 Å². The predicted molar refractivity (Wildman–Crippen MR) is 92.0 cm³/mol. The van der Waals surface area contributed by atoms with Crippen molar-refractivity contribution in [3.05, 3.63) is 37.9 Å². The summed E-state index contributed by atoms with van der Waals surface area (Å²) in [7, 11) is 0. The molecule has 2 aromatic rings. The molecule has 3 nitrogen and oxygen atoms in total. The molecule has 3 rings (SSSR count). The Kier molecular flexibility index (Phi) is 4.78. The van der Waals surface area contributed by atoms with E-state index in [-0.39, 0.29) is 6.04 Å². The Morgan fingerprint density at radius 3 is 2.90 bits per heavy atom. The molecule has 0 radical (unpaired) electrons. The summed E-state index contributed by atoms with van der Waals surface area (Å²) in [5, 5.41) is 6.90. The molecule has 108 valence electrons. The summed E-state index contributed by atoms with van der Waals surface area (Å²) in [4.78, 5) is 0. The highest BCUT2D eigenvalue weighted by Crippen LogP contribution is 2.28. The van der Waals surface area contributed by atoms with Gasteiger partial charge in [-0.05, 0) is 58.5 Å². The van der Waals surface area contributed by atoms with E-state index in [0.29, 0.717) is 6.04 Å². The predicted octanol–water partition coefficient (Wildman–Crippen LogP) is 4.30. The fourth-order valence-electron chi connectivity index (χ4n) is 2.90. The Hall–Kier alpha value is -0.400. The largest absolute Gasteiger partial charge is 0.324 e. The highest BCUT2D eigenvalue weighted by atomic mass is 127. The van der Waals surface area contributed by atoms with E-state index < -0.39 is 0 Å². The third-order valence-electron chi connectivity index (χ3n) is 4.06. The van der Waals surface area contributed by atoms with Crippen molar-refractivity contribution in [2.24, 2.45) is 5.73 Å². The van der Waals surface area contributed by atoms with Gasteiger partial charge in [-0.3, -0.25) is 4.68 Å². The van der Waals surface area contributed by atoms with E-state index in [9.17, 15) is 0 Å². The molecule has 0 spiro atoms. The summed E-state index contributed by atoms with van der Waals surface area (Å²) in [6.45, 7) is 0. The second kappa shape index (κ2) is 6.58. The number of hydrogen-bond donors (Lipinski definition) is 1. The van der Waals surface area contributed by atoms with Crippen LogP contribution in [0.4, 0.5) is 0 Å². The third kappa shape index (κ3) is 3.43. The second-order valence-electron chi connectivity index (χ2n) is 5.57. The van der Waals surface area contributed by atoms with E-state index in [1.54, 1.807) is 11.3 Å². The van der Waals surface area contributed by atoms with E-state index in [0.717, 1.165) is 12.1 Å². The molecule has 0 aromatic carbocycles. The van der Waals surface area contributed by atoms with Crippen LogP contribution in [0.5, 0.6) is 0 Å². The SMILES string of the molecule is NC(Cc1ccn(C2CCCCC2)n1)c1csc(I)c1. The lowest BCUT2D eigenvalue weighted by molar-refractivity contribution is 0.328. The monoisotopic (exact) mass is 401 g/mol. The number of thiophene rings is 1. The average molecular weight is 401 g/mol. The Morgan fingerprint density at radius 2 is 2.20 bits per heavy atom. The molecular weight excluding hydrogens is 381 g/mol. The first-order valence-electron chi connectivity index (χ1n) is 7.26. The average Bonchev–Trinajstić information content (AvgIpc) is 3.09. The lowest BCUT2D eigenvalue weighted by atomic mass is 9.96. The van der Waals surface area contributed by atoms with Crippen molar-refractivity contribution in [1.29, 1.82) is 0 Å². The molecule has 0 amide bonds. The van der Waals surface area contributed by atoms with Crippen LogP contribution in [0.3, 0.4) is 0 Å². The van der Waals surface area contributed by atoms with E-state index >= 15 is 0 Å². The molecule has 0 bridgehead atoms. The number of halogens is 1. The molecule has 1 saturated carbocycles. The van der Waals surface area contributed by atoms with Crippen LogP contribution in [0.25, 0.3) is 0 Å².